The van der Waals surface area contributed by atoms with E-state index in [1.807, 2.05) is 6.92 Å². The van der Waals surface area contributed by atoms with Crippen LogP contribution in [0.25, 0.3) is 0 Å². The second-order valence-corrected chi connectivity index (χ2v) is 4.80. The lowest BCUT2D eigenvalue weighted by Crippen LogP contribution is -2.22. The maximum Gasteiger partial charge on any atom is 0.253 e. The summed E-state index contributed by atoms with van der Waals surface area (Å²) in [6.45, 7) is 2.34. The summed E-state index contributed by atoms with van der Waals surface area (Å²) in [5.74, 6) is -0.302. The number of aryl methyl sites for hydroxylation is 1. The van der Waals surface area contributed by atoms with Crippen LogP contribution >= 0.6 is 11.3 Å². The average molecular weight is 249 g/mol. The Hall–Kier alpha value is -1.95. The van der Waals surface area contributed by atoms with E-state index in [4.69, 9.17) is 0 Å². The van der Waals surface area contributed by atoms with E-state index in [1.165, 1.54) is 29.8 Å². The van der Waals surface area contributed by atoms with Gasteiger partial charge in [-0.05, 0) is 13.0 Å². The summed E-state index contributed by atoms with van der Waals surface area (Å²) in [6, 6.07) is 1.37. The molecular formula is C11H11N3O2S. The van der Waals surface area contributed by atoms with Gasteiger partial charge >= 0.3 is 0 Å². The van der Waals surface area contributed by atoms with Crippen LogP contribution in [0, 0.1) is 6.92 Å². The third kappa shape index (κ3) is 3.01. The van der Waals surface area contributed by atoms with Crippen molar-refractivity contribution in [3.8, 4) is 5.75 Å². The average Bonchev–Trinajstić information content (AvgIpc) is 2.72. The van der Waals surface area contributed by atoms with Crippen molar-refractivity contribution in [3.63, 3.8) is 0 Å². The van der Waals surface area contributed by atoms with Crippen molar-refractivity contribution in [3.05, 3.63) is 40.1 Å². The molecule has 0 fully saturated rings. The Labute approximate surface area is 102 Å². The van der Waals surface area contributed by atoms with Crippen molar-refractivity contribution in [1.82, 2.24) is 15.3 Å². The predicted molar refractivity (Wildman–Crippen MR) is 63.9 cm³/mol. The zero-order valence-electron chi connectivity index (χ0n) is 9.17. The fourth-order valence-electron chi connectivity index (χ4n) is 1.29. The number of hydrogen-bond acceptors (Lipinski definition) is 5. The highest BCUT2D eigenvalue weighted by molar-refractivity contribution is 7.11. The largest absolute Gasteiger partial charge is 0.506 e. The first-order valence-electron chi connectivity index (χ1n) is 4.98. The highest BCUT2D eigenvalue weighted by Gasteiger charge is 2.07. The van der Waals surface area contributed by atoms with Crippen LogP contribution < -0.4 is 5.32 Å². The maximum atomic E-state index is 11.7. The molecule has 5 nitrogen and oxygen atoms in total. The lowest BCUT2D eigenvalue weighted by atomic mass is 10.2. The number of aromatic nitrogens is 2. The van der Waals surface area contributed by atoms with Crippen molar-refractivity contribution in [2.45, 2.75) is 13.5 Å². The molecule has 0 aromatic carbocycles. The lowest BCUT2D eigenvalue weighted by molar-refractivity contribution is 0.0950. The Bertz CT molecular complexity index is 539. The number of nitrogens with zero attached hydrogens (tertiary/aromatic N) is 2. The molecule has 0 saturated carbocycles. The van der Waals surface area contributed by atoms with Crippen LogP contribution in [0.2, 0.25) is 0 Å². The first kappa shape index (κ1) is 11.5. The van der Waals surface area contributed by atoms with Crippen LogP contribution in [0.5, 0.6) is 5.75 Å². The zero-order chi connectivity index (χ0) is 12.3. The molecule has 0 aliphatic rings. The summed E-state index contributed by atoms with van der Waals surface area (Å²) >= 11 is 1.54. The van der Waals surface area contributed by atoms with E-state index in [1.54, 1.807) is 6.20 Å². The molecule has 2 aromatic rings. The number of carbonyl (C=O) groups is 1. The molecule has 0 atom stereocenters. The van der Waals surface area contributed by atoms with E-state index in [9.17, 15) is 9.90 Å². The Morgan fingerprint density at radius 2 is 2.29 bits per heavy atom. The molecule has 1 amide bonds. The molecule has 0 aliphatic heterocycles. The monoisotopic (exact) mass is 249 g/mol. The normalized spacial score (nSPS) is 10.2. The molecule has 2 heterocycles. The van der Waals surface area contributed by atoms with E-state index >= 15 is 0 Å². The van der Waals surface area contributed by atoms with E-state index in [2.05, 4.69) is 15.3 Å². The van der Waals surface area contributed by atoms with E-state index in [-0.39, 0.29) is 11.7 Å². The number of amides is 1. The molecule has 6 heteroatoms. The Morgan fingerprint density at radius 3 is 2.94 bits per heavy atom. The molecule has 0 spiro atoms. The summed E-state index contributed by atoms with van der Waals surface area (Å²) < 4.78 is 0. The maximum absolute atomic E-state index is 11.7. The van der Waals surface area contributed by atoms with Gasteiger partial charge in [-0.1, -0.05) is 0 Å². The fraction of sp³-hybridized carbons (Fsp3) is 0.182. The van der Waals surface area contributed by atoms with Gasteiger partial charge in [0.05, 0.1) is 18.3 Å². The van der Waals surface area contributed by atoms with Crippen LogP contribution in [0.3, 0.4) is 0 Å². The number of rotatable bonds is 3. The van der Waals surface area contributed by atoms with Crippen molar-refractivity contribution in [2.75, 3.05) is 0 Å². The first-order chi connectivity index (χ1) is 8.15. The molecule has 2 aromatic heterocycles. The second-order valence-electron chi connectivity index (χ2n) is 3.48. The lowest BCUT2D eigenvalue weighted by Gasteiger charge is -2.02. The highest BCUT2D eigenvalue weighted by atomic mass is 32.1. The molecule has 17 heavy (non-hydrogen) atoms. The van der Waals surface area contributed by atoms with Gasteiger partial charge in [0.25, 0.3) is 5.91 Å². The number of nitrogens with one attached hydrogen (secondary N) is 1. The Balaban J connectivity index is 1.98. The van der Waals surface area contributed by atoms with Gasteiger partial charge in [-0.3, -0.25) is 9.78 Å². The van der Waals surface area contributed by atoms with Crippen LogP contribution in [0.1, 0.15) is 20.2 Å². The van der Waals surface area contributed by atoms with Gasteiger partial charge in [-0.2, -0.15) is 0 Å². The van der Waals surface area contributed by atoms with Gasteiger partial charge in [0.1, 0.15) is 10.8 Å². The van der Waals surface area contributed by atoms with Gasteiger partial charge in [-0.25, -0.2) is 4.98 Å². The van der Waals surface area contributed by atoms with Gasteiger partial charge in [-0.15, -0.1) is 11.3 Å². The number of pyridine rings is 1. The minimum Gasteiger partial charge on any atom is -0.506 e. The second kappa shape index (κ2) is 4.92. The topological polar surface area (TPSA) is 75.1 Å². The van der Waals surface area contributed by atoms with Gasteiger partial charge in [0.2, 0.25) is 0 Å². The summed E-state index contributed by atoms with van der Waals surface area (Å²) in [5.41, 5.74) is 0.332. The Morgan fingerprint density at radius 1 is 1.47 bits per heavy atom. The summed E-state index contributed by atoms with van der Waals surface area (Å²) in [5, 5.41) is 12.8. The standard InChI is InChI=1S/C11H11N3O2S/c1-7-3-13-10(17-7)6-14-11(16)8-2-9(15)5-12-4-8/h2-5,15H,6H2,1H3,(H,14,16). The molecule has 0 aliphatic carbocycles. The van der Waals surface area contributed by atoms with Crippen LogP contribution in [-0.2, 0) is 6.54 Å². The third-order valence-corrected chi connectivity index (χ3v) is 2.97. The van der Waals surface area contributed by atoms with Crippen molar-refractivity contribution < 1.29 is 9.90 Å². The zero-order valence-corrected chi connectivity index (χ0v) is 9.99. The number of aromatic hydroxyl groups is 1. The van der Waals surface area contributed by atoms with Crippen LogP contribution in [-0.4, -0.2) is 21.0 Å². The number of thiazole rings is 1. The van der Waals surface area contributed by atoms with Crippen molar-refractivity contribution >= 4 is 17.2 Å². The number of hydrogen-bond donors (Lipinski definition) is 2. The molecular weight excluding hydrogens is 238 g/mol. The van der Waals surface area contributed by atoms with Crippen LogP contribution in [0.4, 0.5) is 0 Å². The molecule has 2 N–H and O–H groups in total. The molecule has 0 unspecified atom stereocenters. The van der Waals surface area contributed by atoms with Crippen molar-refractivity contribution in [1.29, 1.82) is 0 Å². The van der Waals surface area contributed by atoms with E-state index in [0.29, 0.717) is 12.1 Å². The molecule has 0 bridgehead atoms. The molecule has 88 valence electrons. The molecule has 2 rings (SSSR count). The fourth-order valence-corrected chi connectivity index (χ4v) is 2.02. The van der Waals surface area contributed by atoms with Gasteiger partial charge in [0.15, 0.2) is 0 Å². The van der Waals surface area contributed by atoms with Gasteiger partial charge < -0.3 is 10.4 Å². The van der Waals surface area contributed by atoms with Crippen molar-refractivity contribution in [2.24, 2.45) is 0 Å². The quantitative estimate of drug-likeness (QED) is 0.864. The van der Waals surface area contributed by atoms with E-state index in [0.717, 1.165) is 9.88 Å². The summed E-state index contributed by atoms with van der Waals surface area (Å²) in [7, 11) is 0. The van der Waals surface area contributed by atoms with E-state index < -0.39 is 0 Å². The number of carbonyl (C=O) groups excluding carboxylic acids is 1. The SMILES string of the molecule is Cc1cnc(CNC(=O)c2cncc(O)c2)s1. The summed E-state index contributed by atoms with van der Waals surface area (Å²) in [6.07, 6.45) is 4.45. The smallest absolute Gasteiger partial charge is 0.253 e. The minimum absolute atomic E-state index is 0.0252. The minimum atomic E-state index is -0.277. The predicted octanol–water partition coefficient (Wildman–Crippen LogP) is 1.48. The third-order valence-electron chi connectivity index (χ3n) is 2.06. The van der Waals surface area contributed by atoms with Gasteiger partial charge in [0, 0.05) is 17.3 Å². The molecule has 0 saturated heterocycles. The Kier molecular flexibility index (Phi) is 3.34. The molecule has 0 radical (unpaired) electrons. The summed E-state index contributed by atoms with van der Waals surface area (Å²) in [4.78, 5) is 20.7. The highest BCUT2D eigenvalue weighted by Crippen LogP contribution is 2.11. The first-order valence-corrected chi connectivity index (χ1v) is 5.80. The van der Waals surface area contributed by atoms with Crippen LogP contribution in [0.15, 0.2) is 24.7 Å².